The second-order valence-electron chi connectivity index (χ2n) is 8.23. The van der Waals surface area contributed by atoms with E-state index in [1.165, 1.54) is 0 Å². The number of nitrogens with one attached hydrogen (secondary N) is 1. The number of likely N-dealkylation sites (tertiary alicyclic amines) is 1. The van der Waals surface area contributed by atoms with E-state index in [4.69, 9.17) is 14.2 Å². The molecule has 1 heterocycles. The number of hydrogen-bond donors (Lipinski definition) is 2. The number of hydrogen-bond acceptors (Lipinski definition) is 6. The molecule has 174 valence electrons. The average molecular weight is 443 g/mol. The van der Waals surface area contributed by atoms with Crippen molar-refractivity contribution in [2.75, 3.05) is 34.4 Å². The van der Waals surface area contributed by atoms with E-state index in [2.05, 4.69) is 10.2 Å². The third-order valence-corrected chi connectivity index (χ3v) is 6.04. The van der Waals surface area contributed by atoms with Crippen LogP contribution in [0.4, 0.5) is 0 Å². The Bertz CT molecular complexity index is 902. The lowest BCUT2D eigenvalue weighted by Crippen LogP contribution is -2.35. The average Bonchev–Trinajstić information content (AvgIpc) is 2.82. The summed E-state index contributed by atoms with van der Waals surface area (Å²) in [5.41, 5.74) is 1.82. The summed E-state index contributed by atoms with van der Waals surface area (Å²) >= 11 is 0. The Morgan fingerprint density at radius 1 is 1.06 bits per heavy atom. The fourth-order valence-electron chi connectivity index (χ4n) is 4.19. The number of piperidine rings is 1. The lowest BCUT2D eigenvalue weighted by molar-refractivity contribution is -0.121. The van der Waals surface area contributed by atoms with Crippen molar-refractivity contribution in [2.24, 2.45) is 5.92 Å². The number of carbonyl (C=O) groups excluding carboxylic acids is 1. The number of ether oxygens (including phenoxy) is 3. The van der Waals surface area contributed by atoms with E-state index >= 15 is 0 Å². The Labute approximate surface area is 190 Å². The van der Waals surface area contributed by atoms with Gasteiger partial charge in [0, 0.05) is 49.3 Å². The van der Waals surface area contributed by atoms with Crippen molar-refractivity contribution >= 4 is 5.91 Å². The number of carbonyl (C=O) groups is 1. The number of amides is 1. The molecule has 0 aromatic heterocycles. The molecule has 1 atom stereocenters. The van der Waals surface area contributed by atoms with Gasteiger partial charge in [-0.3, -0.25) is 9.69 Å². The van der Waals surface area contributed by atoms with Crippen molar-refractivity contribution < 1.29 is 24.1 Å². The molecule has 32 heavy (non-hydrogen) atoms. The maximum atomic E-state index is 12.4. The van der Waals surface area contributed by atoms with Gasteiger partial charge in [-0.1, -0.05) is 6.07 Å². The van der Waals surface area contributed by atoms with Crippen molar-refractivity contribution in [3.05, 3.63) is 47.5 Å². The van der Waals surface area contributed by atoms with Crippen LogP contribution in [0.15, 0.2) is 36.4 Å². The largest absolute Gasteiger partial charge is 0.507 e. The molecule has 1 aliphatic heterocycles. The van der Waals surface area contributed by atoms with Crippen molar-refractivity contribution in [2.45, 2.75) is 38.8 Å². The first kappa shape index (κ1) is 23.7. The van der Waals surface area contributed by atoms with E-state index < -0.39 is 0 Å². The molecule has 7 heteroatoms. The lowest BCUT2D eigenvalue weighted by atomic mass is 9.93. The molecule has 2 aromatic carbocycles. The molecule has 7 nitrogen and oxygen atoms in total. The van der Waals surface area contributed by atoms with Gasteiger partial charge in [0.1, 0.15) is 23.0 Å². The summed E-state index contributed by atoms with van der Waals surface area (Å²) in [7, 11) is 4.82. The number of aromatic hydroxyl groups is 1. The van der Waals surface area contributed by atoms with Gasteiger partial charge in [-0.2, -0.15) is 0 Å². The summed E-state index contributed by atoms with van der Waals surface area (Å²) in [4.78, 5) is 14.8. The van der Waals surface area contributed by atoms with E-state index in [0.29, 0.717) is 36.9 Å². The molecule has 2 N–H and O–H groups in total. The Morgan fingerprint density at radius 2 is 1.78 bits per heavy atom. The van der Waals surface area contributed by atoms with Gasteiger partial charge >= 0.3 is 0 Å². The highest BCUT2D eigenvalue weighted by Gasteiger charge is 2.21. The summed E-state index contributed by atoms with van der Waals surface area (Å²) < 4.78 is 15.8. The quantitative estimate of drug-likeness (QED) is 0.584. The summed E-state index contributed by atoms with van der Waals surface area (Å²) in [5.74, 6) is 2.87. The highest BCUT2D eigenvalue weighted by Crippen LogP contribution is 2.28. The molecule has 1 aliphatic rings. The Balaban J connectivity index is 1.45. The Hall–Kier alpha value is -2.93. The number of phenols is 1. The third-order valence-electron chi connectivity index (χ3n) is 6.04. The smallest absolute Gasteiger partial charge is 0.220 e. The molecule has 2 aromatic rings. The van der Waals surface area contributed by atoms with Crippen LogP contribution in [0.3, 0.4) is 0 Å². The van der Waals surface area contributed by atoms with Crippen molar-refractivity contribution in [3.8, 4) is 23.0 Å². The number of rotatable bonds is 10. The zero-order chi connectivity index (χ0) is 22.9. The van der Waals surface area contributed by atoms with Crippen LogP contribution in [0.1, 0.15) is 36.8 Å². The van der Waals surface area contributed by atoms with Crippen molar-refractivity contribution in [1.82, 2.24) is 10.2 Å². The zero-order valence-electron chi connectivity index (χ0n) is 19.2. The van der Waals surface area contributed by atoms with Crippen LogP contribution in [0.25, 0.3) is 0 Å². The minimum atomic E-state index is 0.0489. The van der Waals surface area contributed by atoms with E-state index in [-0.39, 0.29) is 11.7 Å². The molecule has 0 spiro atoms. The van der Waals surface area contributed by atoms with Gasteiger partial charge in [0.05, 0.1) is 21.3 Å². The maximum Gasteiger partial charge on any atom is 0.220 e. The first-order valence-electron chi connectivity index (χ1n) is 11.1. The van der Waals surface area contributed by atoms with E-state index in [1.54, 1.807) is 27.4 Å². The molecule has 1 fully saturated rings. The van der Waals surface area contributed by atoms with Crippen LogP contribution in [-0.4, -0.2) is 50.3 Å². The van der Waals surface area contributed by atoms with Gasteiger partial charge in [-0.25, -0.2) is 0 Å². The SMILES string of the molecule is COc1ccc(CN2CCC[C@@H](CCC(=O)NCc3ccc(OC)cc3OC)C2)c(O)c1. The second-order valence-corrected chi connectivity index (χ2v) is 8.23. The monoisotopic (exact) mass is 442 g/mol. The van der Waals surface area contributed by atoms with Crippen LogP contribution in [-0.2, 0) is 17.9 Å². The van der Waals surface area contributed by atoms with E-state index in [1.807, 2.05) is 30.3 Å². The number of phenolic OH excluding ortho intramolecular Hbond substituents is 1. The first-order chi connectivity index (χ1) is 15.5. The molecule has 3 rings (SSSR count). The van der Waals surface area contributed by atoms with E-state index in [9.17, 15) is 9.90 Å². The second kappa shape index (κ2) is 11.6. The normalized spacial score (nSPS) is 16.4. The molecule has 0 bridgehead atoms. The summed E-state index contributed by atoms with van der Waals surface area (Å²) in [6.45, 7) is 3.08. The summed E-state index contributed by atoms with van der Waals surface area (Å²) in [5, 5.41) is 13.2. The van der Waals surface area contributed by atoms with Gasteiger partial charge in [-0.05, 0) is 49.9 Å². The minimum absolute atomic E-state index is 0.0489. The standard InChI is InChI=1S/C25H34N2O5/c1-30-21-10-8-20(23(28)13-21)17-27-12-4-5-18(16-27)6-11-25(29)26-15-19-7-9-22(31-2)14-24(19)32-3/h7-10,13-14,18,28H,4-6,11-12,15-17H2,1-3H3,(H,26,29)/t18-/m0/s1. The first-order valence-corrected chi connectivity index (χ1v) is 11.1. The van der Waals surface area contributed by atoms with Gasteiger partial charge in [-0.15, -0.1) is 0 Å². The van der Waals surface area contributed by atoms with Gasteiger partial charge in [0.2, 0.25) is 5.91 Å². The van der Waals surface area contributed by atoms with Crippen LogP contribution < -0.4 is 19.5 Å². The van der Waals surface area contributed by atoms with Crippen LogP contribution >= 0.6 is 0 Å². The van der Waals surface area contributed by atoms with Crippen LogP contribution in [0.5, 0.6) is 23.0 Å². The topological polar surface area (TPSA) is 80.3 Å². The number of benzene rings is 2. The van der Waals surface area contributed by atoms with Crippen LogP contribution in [0, 0.1) is 5.92 Å². The Morgan fingerprint density at radius 3 is 2.47 bits per heavy atom. The number of nitrogens with zero attached hydrogens (tertiary/aromatic N) is 1. The molecule has 1 amide bonds. The van der Waals surface area contributed by atoms with Gasteiger partial charge < -0.3 is 24.6 Å². The summed E-state index contributed by atoms with van der Waals surface area (Å²) in [6, 6.07) is 11.0. The predicted molar refractivity (Wildman–Crippen MR) is 123 cm³/mol. The third kappa shape index (κ3) is 6.53. The van der Waals surface area contributed by atoms with Gasteiger partial charge in [0.15, 0.2) is 0 Å². The van der Waals surface area contributed by atoms with Gasteiger partial charge in [0.25, 0.3) is 0 Å². The molecular formula is C25H34N2O5. The van der Waals surface area contributed by atoms with Crippen molar-refractivity contribution in [3.63, 3.8) is 0 Å². The van der Waals surface area contributed by atoms with Crippen molar-refractivity contribution in [1.29, 1.82) is 0 Å². The maximum absolute atomic E-state index is 12.4. The highest BCUT2D eigenvalue weighted by molar-refractivity contribution is 5.75. The Kier molecular flexibility index (Phi) is 8.62. The predicted octanol–water partition coefficient (Wildman–Crippen LogP) is 3.73. The molecule has 0 radical (unpaired) electrons. The highest BCUT2D eigenvalue weighted by atomic mass is 16.5. The van der Waals surface area contributed by atoms with Crippen LogP contribution in [0.2, 0.25) is 0 Å². The fraction of sp³-hybridized carbons (Fsp3) is 0.480. The molecule has 1 saturated heterocycles. The lowest BCUT2D eigenvalue weighted by Gasteiger charge is -2.33. The molecular weight excluding hydrogens is 408 g/mol. The zero-order valence-corrected chi connectivity index (χ0v) is 19.2. The molecule has 0 unspecified atom stereocenters. The molecule has 0 aliphatic carbocycles. The fourth-order valence-corrected chi connectivity index (χ4v) is 4.19. The minimum Gasteiger partial charge on any atom is -0.507 e. The summed E-state index contributed by atoms with van der Waals surface area (Å²) in [6.07, 6.45) is 3.60. The number of methoxy groups -OCH3 is 3. The van der Waals surface area contributed by atoms with E-state index in [0.717, 1.165) is 49.2 Å². The molecule has 0 saturated carbocycles.